The normalized spacial score (nSPS) is 11.7. The lowest BCUT2D eigenvalue weighted by atomic mass is 10.0. The Hall–Kier alpha value is -7.30. The molecule has 54 heavy (non-hydrogen) atoms. The van der Waals surface area contributed by atoms with Crippen molar-refractivity contribution in [1.82, 2.24) is 19.1 Å². The van der Waals surface area contributed by atoms with Gasteiger partial charge in [-0.15, -0.1) is 0 Å². The molecule has 0 spiro atoms. The molecule has 3 aromatic heterocycles. The summed E-state index contributed by atoms with van der Waals surface area (Å²) in [5.41, 5.74) is 11.9. The molecule has 0 bridgehead atoms. The van der Waals surface area contributed by atoms with Crippen LogP contribution < -0.4 is 0 Å². The first kappa shape index (κ1) is 30.3. The molecule has 11 rings (SSSR count). The molecule has 0 saturated heterocycles. The van der Waals surface area contributed by atoms with Gasteiger partial charge < -0.3 is 9.13 Å². The van der Waals surface area contributed by atoms with Crippen LogP contribution in [0.3, 0.4) is 0 Å². The molecule has 8 aromatic carbocycles. The van der Waals surface area contributed by atoms with Gasteiger partial charge in [0, 0.05) is 49.6 Å². The van der Waals surface area contributed by atoms with Gasteiger partial charge in [0.25, 0.3) is 0 Å². The van der Waals surface area contributed by atoms with E-state index in [9.17, 15) is 0 Å². The van der Waals surface area contributed by atoms with E-state index in [-0.39, 0.29) is 0 Å². The van der Waals surface area contributed by atoms with E-state index < -0.39 is 0 Å². The number of hydrogen-bond donors (Lipinski definition) is 0. The lowest BCUT2D eigenvalue weighted by molar-refractivity contribution is 1.16. The fourth-order valence-electron chi connectivity index (χ4n) is 8.24. The summed E-state index contributed by atoms with van der Waals surface area (Å²) in [6.45, 7) is 0. The average molecular weight is 689 g/mol. The summed E-state index contributed by atoms with van der Waals surface area (Å²) in [6.07, 6.45) is 0. The number of benzene rings is 8. The zero-order chi connectivity index (χ0) is 35.6. The third kappa shape index (κ3) is 4.78. The standard InChI is InChI=1S/C50H32N4/c1-3-15-34(16-4-1)44-31-45(39-23-13-17-33-14-7-8-20-38(33)39)52-50(51-44)35-26-28-37(29-27-35)54-47-25-12-10-22-41(47)43-30-42-40-21-9-11-24-46(40)53(48(42)32-49(43)54)36-18-5-2-6-19-36/h1-32H. The maximum Gasteiger partial charge on any atom is 0.160 e. The molecule has 4 heteroatoms. The van der Waals surface area contributed by atoms with Crippen molar-refractivity contribution in [3.63, 3.8) is 0 Å². The smallest absolute Gasteiger partial charge is 0.160 e. The Labute approximate surface area is 311 Å². The van der Waals surface area contributed by atoms with Crippen molar-refractivity contribution in [2.24, 2.45) is 0 Å². The van der Waals surface area contributed by atoms with Gasteiger partial charge in [0.15, 0.2) is 5.82 Å². The first-order valence-electron chi connectivity index (χ1n) is 18.3. The lowest BCUT2D eigenvalue weighted by Gasteiger charge is -2.12. The molecular formula is C50H32N4. The molecule has 0 radical (unpaired) electrons. The Morgan fingerprint density at radius 1 is 0.315 bits per heavy atom. The van der Waals surface area contributed by atoms with Crippen LogP contribution >= 0.6 is 0 Å². The summed E-state index contributed by atoms with van der Waals surface area (Å²) in [5, 5.41) is 7.32. The second-order valence-corrected chi connectivity index (χ2v) is 13.8. The highest BCUT2D eigenvalue weighted by Gasteiger charge is 2.19. The second kappa shape index (κ2) is 12.1. The third-order valence-corrected chi connectivity index (χ3v) is 10.7. The van der Waals surface area contributed by atoms with E-state index in [4.69, 9.17) is 9.97 Å². The van der Waals surface area contributed by atoms with Gasteiger partial charge in [-0.1, -0.05) is 127 Å². The highest BCUT2D eigenvalue weighted by molar-refractivity contribution is 6.19. The van der Waals surface area contributed by atoms with E-state index in [0.29, 0.717) is 5.82 Å². The van der Waals surface area contributed by atoms with Gasteiger partial charge in [0.1, 0.15) is 0 Å². The van der Waals surface area contributed by atoms with Crippen molar-refractivity contribution < 1.29 is 0 Å². The van der Waals surface area contributed by atoms with E-state index in [0.717, 1.165) is 45.0 Å². The molecule has 11 aromatic rings. The summed E-state index contributed by atoms with van der Waals surface area (Å²) in [7, 11) is 0. The lowest BCUT2D eigenvalue weighted by Crippen LogP contribution is -1.98. The van der Waals surface area contributed by atoms with E-state index in [2.05, 4.69) is 197 Å². The summed E-state index contributed by atoms with van der Waals surface area (Å²) in [5.74, 6) is 0.696. The van der Waals surface area contributed by atoms with Crippen LogP contribution in [0.15, 0.2) is 194 Å². The Bertz CT molecular complexity index is 3190. The van der Waals surface area contributed by atoms with E-state index in [1.807, 2.05) is 6.07 Å². The predicted molar refractivity (Wildman–Crippen MR) is 225 cm³/mol. The number of hydrogen-bond acceptors (Lipinski definition) is 2. The number of nitrogens with zero attached hydrogens (tertiary/aromatic N) is 4. The molecule has 4 nitrogen and oxygen atoms in total. The molecule has 0 aliphatic carbocycles. The molecule has 0 N–H and O–H groups in total. The molecule has 0 aliphatic rings. The molecule has 3 heterocycles. The Balaban J connectivity index is 1.10. The second-order valence-electron chi connectivity index (χ2n) is 13.8. The van der Waals surface area contributed by atoms with Crippen LogP contribution in [0.25, 0.3) is 99.7 Å². The third-order valence-electron chi connectivity index (χ3n) is 10.7. The summed E-state index contributed by atoms with van der Waals surface area (Å²) < 4.78 is 4.78. The van der Waals surface area contributed by atoms with Gasteiger partial charge in [-0.05, 0) is 77.5 Å². The highest BCUT2D eigenvalue weighted by atomic mass is 15.0. The number of aromatic nitrogens is 4. The molecular weight excluding hydrogens is 657 g/mol. The van der Waals surface area contributed by atoms with E-state index >= 15 is 0 Å². The van der Waals surface area contributed by atoms with Gasteiger partial charge in [0.2, 0.25) is 0 Å². The minimum absolute atomic E-state index is 0.696. The fourth-order valence-corrected chi connectivity index (χ4v) is 8.24. The average Bonchev–Trinajstić information content (AvgIpc) is 3.75. The molecule has 252 valence electrons. The van der Waals surface area contributed by atoms with Crippen molar-refractivity contribution >= 4 is 54.4 Å². The van der Waals surface area contributed by atoms with Crippen LogP contribution in [0.5, 0.6) is 0 Å². The van der Waals surface area contributed by atoms with Gasteiger partial charge in [-0.25, -0.2) is 9.97 Å². The molecule has 0 atom stereocenters. The highest BCUT2D eigenvalue weighted by Crippen LogP contribution is 2.40. The number of fused-ring (bicyclic) bond motifs is 7. The van der Waals surface area contributed by atoms with Crippen LogP contribution in [0, 0.1) is 0 Å². The van der Waals surface area contributed by atoms with Crippen LogP contribution in [0.4, 0.5) is 0 Å². The monoisotopic (exact) mass is 688 g/mol. The Kier molecular flexibility index (Phi) is 6.82. The predicted octanol–water partition coefficient (Wildman–Crippen LogP) is 12.8. The molecule has 0 amide bonds. The van der Waals surface area contributed by atoms with E-state index in [1.54, 1.807) is 0 Å². The van der Waals surface area contributed by atoms with Gasteiger partial charge in [-0.3, -0.25) is 0 Å². The molecule has 0 aliphatic heterocycles. The summed E-state index contributed by atoms with van der Waals surface area (Å²) >= 11 is 0. The van der Waals surface area contributed by atoms with Crippen molar-refractivity contribution in [1.29, 1.82) is 0 Å². The zero-order valence-corrected chi connectivity index (χ0v) is 29.3. The largest absolute Gasteiger partial charge is 0.309 e. The van der Waals surface area contributed by atoms with Crippen molar-refractivity contribution in [3.8, 4) is 45.3 Å². The van der Waals surface area contributed by atoms with Gasteiger partial charge >= 0.3 is 0 Å². The van der Waals surface area contributed by atoms with Crippen LogP contribution in [0.2, 0.25) is 0 Å². The number of rotatable bonds is 5. The van der Waals surface area contributed by atoms with Crippen LogP contribution in [-0.4, -0.2) is 19.1 Å². The van der Waals surface area contributed by atoms with Gasteiger partial charge in [-0.2, -0.15) is 0 Å². The fraction of sp³-hybridized carbons (Fsp3) is 0. The van der Waals surface area contributed by atoms with E-state index in [1.165, 1.54) is 48.9 Å². The minimum atomic E-state index is 0.696. The van der Waals surface area contributed by atoms with Crippen molar-refractivity contribution in [3.05, 3.63) is 194 Å². The quantitative estimate of drug-likeness (QED) is 0.180. The Morgan fingerprint density at radius 3 is 1.54 bits per heavy atom. The van der Waals surface area contributed by atoms with Crippen molar-refractivity contribution in [2.75, 3.05) is 0 Å². The van der Waals surface area contributed by atoms with Gasteiger partial charge in [0.05, 0.1) is 33.5 Å². The van der Waals surface area contributed by atoms with Crippen molar-refractivity contribution in [2.45, 2.75) is 0 Å². The first-order chi connectivity index (χ1) is 26.8. The topological polar surface area (TPSA) is 35.6 Å². The number of para-hydroxylation sites is 3. The minimum Gasteiger partial charge on any atom is -0.309 e. The summed E-state index contributed by atoms with van der Waals surface area (Å²) in [4.78, 5) is 10.4. The molecule has 0 unspecified atom stereocenters. The van der Waals surface area contributed by atoms with Crippen LogP contribution in [0.1, 0.15) is 0 Å². The SMILES string of the molecule is c1ccc(-c2cc(-c3cccc4ccccc34)nc(-c3ccc(-n4c5ccccc5c5cc6c7ccccc7n(-c7ccccc7)c6cc54)cc3)n2)cc1. The maximum absolute atomic E-state index is 5.21. The first-order valence-corrected chi connectivity index (χ1v) is 18.3. The Morgan fingerprint density at radius 2 is 0.852 bits per heavy atom. The maximum atomic E-state index is 5.21. The molecule has 0 saturated carbocycles. The molecule has 0 fully saturated rings. The summed E-state index contributed by atoms with van der Waals surface area (Å²) in [6, 6.07) is 69.0. The van der Waals surface area contributed by atoms with Crippen LogP contribution in [-0.2, 0) is 0 Å². The zero-order valence-electron chi connectivity index (χ0n) is 29.3.